The van der Waals surface area contributed by atoms with Crippen LogP contribution in [0.15, 0.2) is 18.3 Å². The first-order valence-electron chi connectivity index (χ1n) is 6.16. The molecule has 0 aliphatic carbocycles. The van der Waals surface area contributed by atoms with Crippen LogP contribution < -0.4 is 10.6 Å². The third-order valence-corrected chi connectivity index (χ3v) is 3.29. The van der Waals surface area contributed by atoms with Gasteiger partial charge in [-0.25, -0.2) is 0 Å². The van der Waals surface area contributed by atoms with E-state index in [4.69, 9.17) is 10.5 Å². The summed E-state index contributed by atoms with van der Waals surface area (Å²) in [6.45, 7) is 4.95. The molecule has 2 rings (SSSR count). The highest BCUT2D eigenvalue weighted by Gasteiger charge is 2.22. The third-order valence-electron chi connectivity index (χ3n) is 3.29. The minimum Gasteiger partial charge on any atom is -0.384 e. The van der Waals surface area contributed by atoms with Gasteiger partial charge in [0.25, 0.3) is 0 Å². The van der Waals surface area contributed by atoms with Crippen LogP contribution >= 0.6 is 0 Å². The first-order chi connectivity index (χ1) is 8.20. The topological polar surface area (TPSA) is 51.4 Å². The quantitative estimate of drug-likeness (QED) is 0.860. The predicted molar refractivity (Wildman–Crippen MR) is 69.0 cm³/mol. The van der Waals surface area contributed by atoms with E-state index in [9.17, 15) is 0 Å². The van der Waals surface area contributed by atoms with Crippen LogP contribution in [0.1, 0.15) is 25.1 Å². The average molecular weight is 235 g/mol. The molecule has 2 unspecified atom stereocenters. The molecule has 4 heteroatoms. The van der Waals surface area contributed by atoms with Gasteiger partial charge in [-0.2, -0.15) is 0 Å². The fourth-order valence-corrected chi connectivity index (χ4v) is 2.29. The minimum absolute atomic E-state index is 0.00358. The Labute approximate surface area is 103 Å². The number of anilines is 1. The minimum atomic E-state index is 0.00358. The van der Waals surface area contributed by atoms with Crippen LogP contribution in [0.25, 0.3) is 0 Å². The van der Waals surface area contributed by atoms with E-state index in [0.717, 1.165) is 25.4 Å². The summed E-state index contributed by atoms with van der Waals surface area (Å²) < 4.78 is 5.20. The summed E-state index contributed by atoms with van der Waals surface area (Å²) >= 11 is 0. The van der Waals surface area contributed by atoms with Crippen LogP contribution in [0.2, 0.25) is 0 Å². The standard InChI is InChI=1S/C13H21N3O/c1-10(14)13-4-3-12(7-15-13)16-6-5-11(8-16)9-17-2/h3-4,7,10-11H,5-6,8-9,14H2,1-2H3. The van der Waals surface area contributed by atoms with E-state index in [1.54, 1.807) is 7.11 Å². The Hall–Kier alpha value is -1.13. The molecule has 17 heavy (non-hydrogen) atoms. The molecular weight excluding hydrogens is 214 g/mol. The molecule has 0 spiro atoms. The molecule has 1 aromatic rings. The molecule has 0 aromatic carbocycles. The largest absolute Gasteiger partial charge is 0.384 e. The molecule has 1 aliphatic heterocycles. The van der Waals surface area contributed by atoms with Gasteiger partial charge in [-0.3, -0.25) is 4.98 Å². The lowest BCUT2D eigenvalue weighted by molar-refractivity contribution is 0.161. The molecular formula is C13H21N3O. The molecule has 1 saturated heterocycles. The summed E-state index contributed by atoms with van der Waals surface area (Å²) in [5.41, 5.74) is 7.92. The van der Waals surface area contributed by atoms with Gasteiger partial charge in [-0.05, 0) is 25.5 Å². The molecule has 2 atom stereocenters. The summed E-state index contributed by atoms with van der Waals surface area (Å²) in [7, 11) is 1.77. The number of hydrogen-bond donors (Lipinski definition) is 1. The van der Waals surface area contributed by atoms with Crippen LogP contribution in [0.3, 0.4) is 0 Å². The molecule has 0 saturated carbocycles. The Morgan fingerprint density at radius 2 is 2.41 bits per heavy atom. The second-order valence-corrected chi connectivity index (χ2v) is 4.79. The van der Waals surface area contributed by atoms with Gasteiger partial charge in [-0.1, -0.05) is 0 Å². The van der Waals surface area contributed by atoms with Crippen LogP contribution in [0.5, 0.6) is 0 Å². The molecule has 0 amide bonds. The summed E-state index contributed by atoms with van der Waals surface area (Å²) in [5, 5.41) is 0. The van der Waals surface area contributed by atoms with Crippen LogP contribution in [0.4, 0.5) is 5.69 Å². The van der Waals surface area contributed by atoms with Crippen LogP contribution in [0, 0.1) is 5.92 Å². The normalized spacial score (nSPS) is 21.8. The molecule has 2 heterocycles. The van der Waals surface area contributed by atoms with Gasteiger partial charge in [0.1, 0.15) is 0 Å². The van der Waals surface area contributed by atoms with Gasteiger partial charge in [-0.15, -0.1) is 0 Å². The summed E-state index contributed by atoms with van der Waals surface area (Å²) in [6, 6.07) is 4.13. The second-order valence-electron chi connectivity index (χ2n) is 4.79. The maximum absolute atomic E-state index is 5.79. The average Bonchev–Trinajstić information content (AvgIpc) is 2.78. The van der Waals surface area contributed by atoms with E-state index in [-0.39, 0.29) is 6.04 Å². The highest BCUT2D eigenvalue weighted by molar-refractivity contribution is 5.45. The van der Waals surface area contributed by atoms with Crippen molar-refractivity contribution in [3.8, 4) is 0 Å². The fourth-order valence-electron chi connectivity index (χ4n) is 2.29. The maximum atomic E-state index is 5.79. The Morgan fingerprint density at radius 1 is 1.59 bits per heavy atom. The van der Waals surface area contributed by atoms with Crippen LogP contribution in [-0.4, -0.2) is 31.8 Å². The number of ether oxygens (including phenoxy) is 1. The Bertz CT molecular complexity index is 350. The lowest BCUT2D eigenvalue weighted by Gasteiger charge is -2.18. The van der Waals surface area contributed by atoms with Crippen molar-refractivity contribution in [2.45, 2.75) is 19.4 Å². The van der Waals surface area contributed by atoms with E-state index >= 15 is 0 Å². The van der Waals surface area contributed by atoms with Gasteiger partial charge in [0, 0.05) is 32.2 Å². The predicted octanol–water partition coefficient (Wildman–Crippen LogP) is 1.57. The molecule has 4 nitrogen and oxygen atoms in total. The number of pyridine rings is 1. The molecule has 2 N–H and O–H groups in total. The number of methoxy groups -OCH3 is 1. The molecule has 1 aromatic heterocycles. The fraction of sp³-hybridized carbons (Fsp3) is 0.615. The van der Waals surface area contributed by atoms with Gasteiger partial charge in [0.2, 0.25) is 0 Å². The lowest BCUT2D eigenvalue weighted by Crippen LogP contribution is -2.21. The number of nitrogens with two attached hydrogens (primary N) is 1. The van der Waals surface area contributed by atoms with Gasteiger partial charge in [0.05, 0.1) is 24.2 Å². The number of rotatable bonds is 4. The van der Waals surface area contributed by atoms with E-state index in [1.165, 1.54) is 12.1 Å². The summed E-state index contributed by atoms with van der Waals surface area (Å²) in [4.78, 5) is 6.76. The molecule has 94 valence electrons. The Balaban J connectivity index is 1.99. The lowest BCUT2D eigenvalue weighted by atomic mass is 10.1. The van der Waals surface area contributed by atoms with Crippen molar-refractivity contribution in [2.24, 2.45) is 11.7 Å². The second kappa shape index (κ2) is 5.47. The number of aromatic nitrogens is 1. The van der Waals surface area contributed by atoms with Gasteiger partial charge in [0.15, 0.2) is 0 Å². The zero-order valence-electron chi connectivity index (χ0n) is 10.6. The number of nitrogens with zero attached hydrogens (tertiary/aromatic N) is 2. The van der Waals surface area contributed by atoms with Crippen molar-refractivity contribution < 1.29 is 4.74 Å². The zero-order chi connectivity index (χ0) is 12.3. The van der Waals surface area contributed by atoms with Gasteiger partial charge < -0.3 is 15.4 Å². The maximum Gasteiger partial charge on any atom is 0.0569 e. The van der Waals surface area contributed by atoms with Crippen molar-refractivity contribution in [3.05, 3.63) is 24.0 Å². The summed E-state index contributed by atoms with van der Waals surface area (Å²) in [6.07, 6.45) is 3.12. The first kappa shape index (κ1) is 12.3. The Kier molecular flexibility index (Phi) is 3.97. The van der Waals surface area contributed by atoms with Gasteiger partial charge >= 0.3 is 0 Å². The zero-order valence-corrected chi connectivity index (χ0v) is 10.6. The Morgan fingerprint density at radius 3 is 3.00 bits per heavy atom. The van der Waals surface area contributed by atoms with Crippen LogP contribution in [-0.2, 0) is 4.74 Å². The van der Waals surface area contributed by atoms with E-state index in [2.05, 4.69) is 16.0 Å². The van der Waals surface area contributed by atoms with Crippen molar-refractivity contribution in [2.75, 3.05) is 31.7 Å². The smallest absolute Gasteiger partial charge is 0.0569 e. The number of hydrogen-bond acceptors (Lipinski definition) is 4. The molecule has 0 bridgehead atoms. The van der Waals surface area contributed by atoms with Crippen molar-refractivity contribution in [1.29, 1.82) is 0 Å². The SMILES string of the molecule is COCC1CCN(c2ccc(C(C)N)nc2)C1. The van der Waals surface area contributed by atoms with E-state index in [1.807, 2.05) is 19.2 Å². The molecule has 0 radical (unpaired) electrons. The summed E-state index contributed by atoms with van der Waals surface area (Å²) in [5.74, 6) is 0.646. The highest BCUT2D eigenvalue weighted by atomic mass is 16.5. The molecule has 1 fully saturated rings. The van der Waals surface area contributed by atoms with Crippen molar-refractivity contribution >= 4 is 5.69 Å². The highest BCUT2D eigenvalue weighted by Crippen LogP contribution is 2.23. The van der Waals surface area contributed by atoms with E-state index in [0.29, 0.717) is 5.92 Å². The van der Waals surface area contributed by atoms with Crippen molar-refractivity contribution in [3.63, 3.8) is 0 Å². The van der Waals surface area contributed by atoms with Crippen molar-refractivity contribution in [1.82, 2.24) is 4.98 Å². The monoisotopic (exact) mass is 235 g/mol. The molecule has 1 aliphatic rings. The first-order valence-corrected chi connectivity index (χ1v) is 6.16. The van der Waals surface area contributed by atoms with E-state index < -0.39 is 0 Å². The third kappa shape index (κ3) is 2.96.